The van der Waals surface area contributed by atoms with Gasteiger partial charge in [0.2, 0.25) is 0 Å². The molecule has 11 heavy (non-hydrogen) atoms. The van der Waals surface area contributed by atoms with Crippen LogP contribution in [-0.4, -0.2) is 11.8 Å². The van der Waals surface area contributed by atoms with E-state index >= 15 is 0 Å². The highest BCUT2D eigenvalue weighted by atomic mass is 14.8. The van der Waals surface area contributed by atoms with Crippen molar-refractivity contribution in [1.82, 2.24) is 0 Å². The van der Waals surface area contributed by atoms with Crippen molar-refractivity contribution in [1.29, 1.82) is 0 Å². The molecule has 0 amide bonds. The molecule has 0 aromatic heterocycles. The van der Waals surface area contributed by atoms with Gasteiger partial charge in [-0.1, -0.05) is 18.2 Å². The van der Waals surface area contributed by atoms with Crippen LogP contribution in [0, 0.1) is 5.92 Å². The lowest BCUT2D eigenvalue weighted by atomic mass is 9.96. The first kappa shape index (κ1) is 6.84. The van der Waals surface area contributed by atoms with Gasteiger partial charge in [0.15, 0.2) is 0 Å². The Morgan fingerprint density at radius 3 is 3.09 bits per heavy atom. The summed E-state index contributed by atoms with van der Waals surface area (Å²) in [5, 5.41) is 0. The van der Waals surface area contributed by atoms with Gasteiger partial charge >= 0.3 is 0 Å². The molecule has 2 unspecified atom stereocenters. The summed E-state index contributed by atoms with van der Waals surface area (Å²) in [7, 11) is 0. The average Bonchev–Trinajstić information content (AvgIpc) is 2.36. The van der Waals surface area contributed by atoms with Crippen LogP contribution in [-0.2, 0) is 0 Å². The molecule has 2 rings (SSSR count). The molecule has 1 heterocycles. The molecule has 1 aliphatic carbocycles. The second-order valence-corrected chi connectivity index (χ2v) is 3.37. The fraction of sp³-hybridized carbons (Fsp3) is 0.500. The molecule has 2 aliphatic rings. The standard InChI is InChI=1S/C10H13N/c1-7-6-9-4-3-5-10(9)11-8(7)2/h3-4,6,9-10H,5H2,1-2H3. The maximum atomic E-state index is 4.61. The van der Waals surface area contributed by atoms with Gasteiger partial charge < -0.3 is 0 Å². The lowest BCUT2D eigenvalue weighted by Gasteiger charge is -2.19. The van der Waals surface area contributed by atoms with Gasteiger partial charge in [-0.15, -0.1) is 0 Å². The molecular weight excluding hydrogens is 134 g/mol. The Bertz CT molecular complexity index is 258. The zero-order valence-electron chi connectivity index (χ0n) is 7.04. The molecule has 0 N–H and O–H groups in total. The van der Waals surface area contributed by atoms with E-state index in [2.05, 4.69) is 37.1 Å². The van der Waals surface area contributed by atoms with Gasteiger partial charge in [0, 0.05) is 11.6 Å². The average molecular weight is 147 g/mol. The van der Waals surface area contributed by atoms with Gasteiger partial charge in [-0.3, -0.25) is 4.99 Å². The normalized spacial score (nSPS) is 34.7. The van der Waals surface area contributed by atoms with Crippen LogP contribution in [0.15, 0.2) is 28.8 Å². The number of fused-ring (bicyclic) bond motifs is 1. The molecule has 58 valence electrons. The number of dihydropyridines is 1. The minimum absolute atomic E-state index is 0.527. The lowest BCUT2D eigenvalue weighted by molar-refractivity contribution is 0.618. The fourth-order valence-electron chi connectivity index (χ4n) is 1.73. The lowest BCUT2D eigenvalue weighted by Crippen LogP contribution is -2.17. The first-order chi connectivity index (χ1) is 5.27. The smallest absolute Gasteiger partial charge is 0.0634 e. The molecule has 0 saturated carbocycles. The Kier molecular flexibility index (Phi) is 1.45. The van der Waals surface area contributed by atoms with E-state index < -0.39 is 0 Å². The highest BCUT2D eigenvalue weighted by molar-refractivity contribution is 5.98. The van der Waals surface area contributed by atoms with Crippen molar-refractivity contribution in [3.05, 3.63) is 23.8 Å². The number of allylic oxidation sites excluding steroid dienone is 1. The summed E-state index contributed by atoms with van der Waals surface area (Å²) in [5.74, 6) is 0.596. The van der Waals surface area contributed by atoms with Crippen molar-refractivity contribution in [2.45, 2.75) is 26.3 Å². The molecule has 2 atom stereocenters. The second kappa shape index (κ2) is 2.33. The van der Waals surface area contributed by atoms with E-state index in [1.165, 1.54) is 11.3 Å². The molecule has 1 nitrogen and oxygen atoms in total. The molecule has 0 saturated heterocycles. The van der Waals surface area contributed by atoms with Crippen LogP contribution in [0.3, 0.4) is 0 Å². The van der Waals surface area contributed by atoms with Gasteiger partial charge in [0.05, 0.1) is 6.04 Å². The fourth-order valence-corrected chi connectivity index (χ4v) is 1.73. The van der Waals surface area contributed by atoms with Crippen LogP contribution in [0.2, 0.25) is 0 Å². The zero-order valence-corrected chi connectivity index (χ0v) is 7.04. The van der Waals surface area contributed by atoms with Crippen LogP contribution >= 0.6 is 0 Å². The van der Waals surface area contributed by atoms with Gasteiger partial charge in [0.25, 0.3) is 0 Å². The number of aliphatic imine (C=N–C) groups is 1. The summed E-state index contributed by atoms with van der Waals surface area (Å²) in [6.07, 6.45) is 7.97. The molecule has 0 aromatic carbocycles. The third-order valence-electron chi connectivity index (χ3n) is 2.55. The minimum atomic E-state index is 0.527. The first-order valence-corrected chi connectivity index (χ1v) is 4.17. The Hall–Kier alpha value is -0.850. The first-order valence-electron chi connectivity index (χ1n) is 4.17. The maximum absolute atomic E-state index is 4.61. The van der Waals surface area contributed by atoms with Crippen molar-refractivity contribution in [3.63, 3.8) is 0 Å². The third-order valence-corrected chi connectivity index (χ3v) is 2.55. The molecule has 0 spiro atoms. The Balaban J connectivity index is 2.31. The van der Waals surface area contributed by atoms with Gasteiger partial charge in [-0.05, 0) is 25.8 Å². The Labute approximate surface area is 67.5 Å². The summed E-state index contributed by atoms with van der Waals surface area (Å²) in [6, 6.07) is 0.527. The monoisotopic (exact) mass is 147 g/mol. The van der Waals surface area contributed by atoms with E-state index in [1.807, 2.05) is 0 Å². The van der Waals surface area contributed by atoms with Crippen LogP contribution in [0.5, 0.6) is 0 Å². The van der Waals surface area contributed by atoms with Gasteiger partial charge in [-0.25, -0.2) is 0 Å². The van der Waals surface area contributed by atoms with E-state index in [0.717, 1.165) is 6.42 Å². The maximum Gasteiger partial charge on any atom is 0.0634 e. The van der Waals surface area contributed by atoms with Gasteiger partial charge in [0.1, 0.15) is 0 Å². The van der Waals surface area contributed by atoms with Crippen LogP contribution in [0.4, 0.5) is 0 Å². The van der Waals surface area contributed by atoms with E-state index in [9.17, 15) is 0 Å². The predicted octanol–water partition coefficient (Wildman–Crippen LogP) is 2.35. The van der Waals surface area contributed by atoms with Gasteiger partial charge in [-0.2, -0.15) is 0 Å². The summed E-state index contributed by atoms with van der Waals surface area (Å²) < 4.78 is 0. The molecule has 0 fully saturated rings. The van der Waals surface area contributed by atoms with Crippen molar-refractivity contribution >= 4 is 5.71 Å². The molecule has 1 aliphatic heterocycles. The molecule has 0 radical (unpaired) electrons. The molecule has 0 bridgehead atoms. The highest BCUT2D eigenvalue weighted by Gasteiger charge is 2.23. The van der Waals surface area contributed by atoms with E-state index in [1.54, 1.807) is 0 Å². The van der Waals surface area contributed by atoms with Crippen molar-refractivity contribution < 1.29 is 0 Å². The number of hydrogen-bond donors (Lipinski definition) is 0. The quantitative estimate of drug-likeness (QED) is 0.466. The number of nitrogens with zero attached hydrogens (tertiary/aromatic N) is 1. The van der Waals surface area contributed by atoms with Crippen LogP contribution < -0.4 is 0 Å². The predicted molar refractivity (Wildman–Crippen MR) is 47.9 cm³/mol. The van der Waals surface area contributed by atoms with Crippen LogP contribution in [0.25, 0.3) is 0 Å². The van der Waals surface area contributed by atoms with E-state index in [0.29, 0.717) is 12.0 Å². The van der Waals surface area contributed by atoms with E-state index in [-0.39, 0.29) is 0 Å². The zero-order chi connectivity index (χ0) is 7.84. The number of rotatable bonds is 0. The summed E-state index contributed by atoms with van der Waals surface area (Å²) in [6.45, 7) is 4.24. The topological polar surface area (TPSA) is 12.4 Å². The molecular formula is C10H13N. The van der Waals surface area contributed by atoms with Crippen molar-refractivity contribution in [2.24, 2.45) is 10.9 Å². The van der Waals surface area contributed by atoms with Crippen molar-refractivity contribution in [3.8, 4) is 0 Å². The molecule has 1 heteroatoms. The number of hydrogen-bond acceptors (Lipinski definition) is 1. The second-order valence-electron chi connectivity index (χ2n) is 3.37. The third kappa shape index (κ3) is 1.05. The molecule has 0 aromatic rings. The minimum Gasteiger partial charge on any atom is -0.285 e. The van der Waals surface area contributed by atoms with Crippen molar-refractivity contribution in [2.75, 3.05) is 0 Å². The summed E-state index contributed by atoms with van der Waals surface area (Å²) >= 11 is 0. The Morgan fingerprint density at radius 2 is 2.27 bits per heavy atom. The van der Waals surface area contributed by atoms with E-state index in [4.69, 9.17) is 0 Å². The SMILES string of the molecule is CC1=CC2C=CCC2N=C1C. The summed E-state index contributed by atoms with van der Waals surface area (Å²) in [5.41, 5.74) is 2.56. The largest absolute Gasteiger partial charge is 0.285 e. The summed E-state index contributed by atoms with van der Waals surface area (Å²) in [4.78, 5) is 4.61. The highest BCUT2D eigenvalue weighted by Crippen LogP contribution is 2.27. The Morgan fingerprint density at radius 1 is 1.45 bits per heavy atom. The van der Waals surface area contributed by atoms with Crippen LogP contribution in [0.1, 0.15) is 20.3 Å².